The van der Waals surface area contributed by atoms with Crippen LogP contribution in [-0.2, 0) is 0 Å². The highest BCUT2D eigenvalue weighted by atomic mass is 16.4. The van der Waals surface area contributed by atoms with Gasteiger partial charge in [0.25, 0.3) is 5.56 Å². The van der Waals surface area contributed by atoms with Crippen LogP contribution < -0.4 is 11.3 Å². The largest absolute Gasteiger partial charge is 0.478 e. The predicted molar refractivity (Wildman–Crippen MR) is 36.2 cm³/mol. The number of aromatic nitrogens is 2. The summed E-state index contributed by atoms with van der Waals surface area (Å²) in [7, 11) is 0. The standard InChI is InChI=1S/C5H5N3O3/c6-3-2(5(10)11)1-7-8-4(3)9/h1H,(H2,6,7)(H,8,9)(H,10,11). The monoisotopic (exact) mass is 155 g/mol. The smallest absolute Gasteiger partial charge is 0.339 e. The summed E-state index contributed by atoms with van der Waals surface area (Å²) in [5.41, 5.74) is 3.82. The molecule has 6 heteroatoms. The minimum atomic E-state index is -1.26. The van der Waals surface area contributed by atoms with E-state index in [0.29, 0.717) is 0 Å². The Bertz CT molecular complexity index is 343. The zero-order valence-corrected chi connectivity index (χ0v) is 5.37. The molecule has 11 heavy (non-hydrogen) atoms. The Morgan fingerprint density at radius 3 is 2.82 bits per heavy atom. The van der Waals surface area contributed by atoms with Crippen molar-refractivity contribution in [1.29, 1.82) is 0 Å². The molecule has 0 atom stereocenters. The molecule has 1 heterocycles. The van der Waals surface area contributed by atoms with E-state index in [1.807, 2.05) is 5.10 Å². The third-order valence-electron chi connectivity index (χ3n) is 1.12. The molecule has 0 saturated heterocycles. The first-order valence-corrected chi connectivity index (χ1v) is 2.69. The van der Waals surface area contributed by atoms with Crippen LogP contribution >= 0.6 is 0 Å². The number of nitrogen functional groups attached to an aromatic ring is 1. The summed E-state index contributed by atoms with van der Waals surface area (Å²) in [6.07, 6.45) is 0.985. The second-order valence-corrected chi connectivity index (χ2v) is 1.83. The molecule has 0 aromatic carbocycles. The Morgan fingerprint density at radius 2 is 2.36 bits per heavy atom. The van der Waals surface area contributed by atoms with E-state index >= 15 is 0 Å². The molecule has 4 N–H and O–H groups in total. The van der Waals surface area contributed by atoms with E-state index in [1.54, 1.807) is 0 Å². The number of nitrogens with zero attached hydrogens (tertiary/aromatic N) is 1. The molecule has 1 aromatic heterocycles. The summed E-state index contributed by atoms with van der Waals surface area (Å²) in [6, 6.07) is 0. The SMILES string of the molecule is Nc1c(C(=O)O)cn[nH]c1=O. The lowest BCUT2D eigenvalue weighted by molar-refractivity contribution is 0.0697. The molecule has 0 bridgehead atoms. The van der Waals surface area contributed by atoms with Gasteiger partial charge in [-0.25, -0.2) is 9.89 Å². The Hall–Kier alpha value is -1.85. The number of hydrogen-bond acceptors (Lipinski definition) is 4. The van der Waals surface area contributed by atoms with Gasteiger partial charge in [-0.3, -0.25) is 4.79 Å². The number of nitrogens with one attached hydrogen (secondary N) is 1. The zero-order valence-electron chi connectivity index (χ0n) is 5.37. The number of H-pyrrole nitrogens is 1. The molecule has 58 valence electrons. The molecule has 0 aliphatic heterocycles. The van der Waals surface area contributed by atoms with Crippen molar-refractivity contribution in [3.8, 4) is 0 Å². The second-order valence-electron chi connectivity index (χ2n) is 1.83. The average Bonchev–Trinajstić information content (AvgIpc) is 1.94. The van der Waals surface area contributed by atoms with Gasteiger partial charge in [0.15, 0.2) is 0 Å². The topological polar surface area (TPSA) is 109 Å². The summed E-state index contributed by atoms with van der Waals surface area (Å²) in [6.45, 7) is 0. The number of aromatic amines is 1. The fourth-order valence-corrected chi connectivity index (χ4v) is 0.578. The lowest BCUT2D eigenvalue weighted by Gasteiger charge is -1.94. The summed E-state index contributed by atoms with van der Waals surface area (Å²) in [4.78, 5) is 20.9. The highest BCUT2D eigenvalue weighted by Gasteiger charge is 2.09. The summed E-state index contributed by atoms with van der Waals surface area (Å²) in [5.74, 6) is -1.26. The zero-order chi connectivity index (χ0) is 8.43. The Balaban J connectivity index is 3.39. The van der Waals surface area contributed by atoms with E-state index in [2.05, 4.69) is 5.10 Å². The van der Waals surface area contributed by atoms with E-state index in [9.17, 15) is 9.59 Å². The molecule has 0 radical (unpaired) electrons. The molecule has 0 unspecified atom stereocenters. The van der Waals surface area contributed by atoms with Crippen molar-refractivity contribution in [3.05, 3.63) is 22.1 Å². The van der Waals surface area contributed by atoms with E-state index < -0.39 is 11.5 Å². The number of anilines is 1. The van der Waals surface area contributed by atoms with Gasteiger partial charge in [0, 0.05) is 0 Å². The van der Waals surface area contributed by atoms with Crippen LogP contribution in [-0.4, -0.2) is 21.3 Å². The molecule has 0 aliphatic carbocycles. The number of hydrogen-bond donors (Lipinski definition) is 3. The predicted octanol–water partition coefficient (Wildman–Crippen LogP) is -0.950. The minimum Gasteiger partial charge on any atom is -0.478 e. The highest BCUT2D eigenvalue weighted by Crippen LogP contribution is 2.00. The number of carboxylic acid groups (broad SMARTS) is 1. The van der Waals surface area contributed by atoms with E-state index in [4.69, 9.17) is 10.8 Å². The molecule has 0 saturated carbocycles. The molecule has 0 spiro atoms. The number of carbonyl (C=O) groups is 1. The van der Waals surface area contributed by atoms with Gasteiger partial charge in [-0.15, -0.1) is 0 Å². The van der Waals surface area contributed by atoms with Crippen molar-refractivity contribution >= 4 is 11.7 Å². The van der Waals surface area contributed by atoms with Gasteiger partial charge in [0.1, 0.15) is 11.3 Å². The summed E-state index contributed by atoms with van der Waals surface area (Å²) < 4.78 is 0. The van der Waals surface area contributed by atoms with Gasteiger partial charge in [-0.2, -0.15) is 5.10 Å². The van der Waals surface area contributed by atoms with Crippen LogP contribution in [0.1, 0.15) is 10.4 Å². The van der Waals surface area contributed by atoms with Crippen LogP contribution in [0.4, 0.5) is 5.69 Å². The van der Waals surface area contributed by atoms with E-state index in [-0.39, 0.29) is 11.3 Å². The van der Waals surface area contributed by atoms with Crippen molar-refractivity contribution in [2.75, 3.05) is 5.73 Å². The third kappa shape index (κ3) is 1.18. The summed E-state index contributed by atoms with van der Waals surface area (Å²) >= 11 is 0. The first-order valence-electron chi connectivity index (χ1n) is 2.69. The Morgan fingerprint density at radius 1 is 1.73 bits per heavy atom. The second kappa shape index (κ2) is 2.41. The molecule has 0 aliphatic rings. The van der Waals surface area contributed by atoms with Crippen molar-refractivity contribution < 1.29 is 9.90 Å². The Kier molecular flexibility index (Phi) is 1.59. The quantitative estimate of drug-likeness (QED) is 0.484. The maximum Gasteiger partial charge on any atom is 0.339 e. The fraction of sp³-hybridized carbons (Fsp3) is 0. The van der Waals surface area contributed by atoms with Crippen LogP contribution in [0.25, 0.3) is 0 Å². The number of nitrogens with two attached hydrogens (primary N) is 1. The van der Waals surface area contributed by atoms with Crippen LogP contribution in [0.3, 0.4) is 0 Å². The molecule has 0 amide bonds. The van der Waals surface area contributed by atoms with E-state index in [0.717, 1.165) is 6.20 Å². The van der Waals surface area contributed by atoms with Crippen molar-refractivity contribution in [1.82, 2.24) is 10.2 Å². The first-order chi connectivity index (χ1) is 5.13. The minimum absolute atomic E-state index is 0.284. The Labute approximate surface area is 60.7 Å². The van der Waals surface area contributed by atoms with Gasteiger partial charge in [-0.1, -0.05) is 0 Å². The van der Waals surface area contributed by atoms with Crippen LogP contribution in [0.5, 0.6) is 0 Å². The third-order valence-corrected chi connectivity index (χ3v) is 1.12. The fourth-order valence-electron chi connectivity index (χ4n) is 0.578. The lowest BCUT2D eigenvalue weighted by Crippen LogP contribution is -2.17. The van der Waals surface area contributed by atoms with Crippen molar-refractivity contribution in [2.24, 2.45) is 0 Å². The van der Waals surface area contributed by atoms with Crippen LogP contribution in [0.15, 0.2) is 11.0 Å². The molecule has 6 nitrogen and oxygen atoms in total. The van der Waals surface area contributed by atoms with Gasteiger partial charge >= 0.3 is 5.97 Å². The molecular formula is C5H5N3O3. The van der Waals surface area contributed by atoms with Crippen molar-refractivity contribution in [2.45, 2.75) is 0 Å². The molecular weight excluding hydrogens is 150 g/mol. The van der Waals surface area contributed by atoms with Crippen molar-refractivity contribution in [3.63, 3.8) is 0 Å². The average molecular weight is 155 g/mol. The normalized spacial score (nSPS) is 9.45. The van der Waals surface area contributed by atoms with Gasteiger partial charge in [0.05, 0.1) is 6.20 Å². The van der Waals surface area contributed by atoms with Crippen LogP contribution in [0, 0.1) is 0 Å². The highest BCUT2D eigenvalue weighted by molar-refractivity contribution is 5.92. The molecule has 1 rings (SSSR count). The number of aromatic carboxylic acids is 1. The summed E-state index contributed by atoms with van der Waals surface area (Å²) in [5, 5.41) is 13.7. The number of carboxylic acids is 1. The molecule has 1 aromatic rings. The lowest BCUT2D eigenvalue weighted by atomic mass is 10.3. The maximum atomic E-state index is 10.6. The van der Waals surface area contributed by atoms with Gasteiger partial charge in [-0.05, 0) is 0 Å². The molecule has 0 fully saturated rings. The maximum absolute atomic E-state index is 10.6. The van der Waals surface area contributed by atoms with Gasteiger partial charge < -0.3 is 10.8 Å². The number of rotatable bonds is 1. The van der Waals surface area contributed by atoms with E-state index in [1.165, 1.54) is 0 Å². The van der Waals surface area contributed by atoms with Crippen LogP contribution in [0.2, 0.25) is 0 Å². The first kappa shape index (κ1) is 7.26. The van der Waals surface area contributed by atoms with Gasteiger partial charge in [0.2, 0.25) is 0 Å².